The highest BCUT2D eigenvalue weighted by Gasteiger charge is 2.42. The molecule has 0 unspecified atom stereocenters. The fraction of sp³-hybridized carbons (Fsp3) is 0.460. The van der Waals surface area contributed by atoms with Crippen molar-refractivity contribution in [1.29, 1.82) is 0 Å². The quantitative estimate of drug-likeness (QED) is 0.0990. The Bertz CT molecular complexity index is 6180. The molecule has 1 aliphatic carbocycles. The molecular formula is C100H119F21N14O3S. The maximum Gasteiger partial charge on any atom is 0.435 e. The van der Waals surface area contributed by atoms with Gasteiger partial charge in [-0.2, -0.15) is 99.4 Å². The number of hydrogen-bond donors (Lipinski definition) is 0. The van der Waals surface area contributed by atoms with Crippen molar-refractivity contribution in [3.05, 3.63) is 275 Å². The summed E-state index contributed by atoms with van der Waals surface area (Å²) in [6.07, 6.45) is -12.6. The number of ether oxygens (including phenoxy) is 2. The first-order chi connectivity index (χ1) is 64.2. The maximum absolute atomic E-state index is 13.1. The number of pyridine rings is 5. The molecular weight excluding hydrogens is 1880 g/mol. The van der Waals surface area contributed by atoms with Gasteiger partial charge in [-0.1, -0.05) is 175 Å². The highest BCUT2D eigenvalue weighted by atomic mass is 32.1. The zero-order valence-corrected chi connectivity index (χ0v) is 83.2. The molecule has 0 saturated heterocycles. The number of benzene rings is 3. The van der Waals surface area contributed by atoms with Crippen LogP contribution in [0.3, 0.4) is 0 Å². The van der Waals surface area contributed by atoms with Gasteiger partial charge in [-0.25, -0.2) is 23.1 Å². The molecule has 39 heteroatoms. The predicted molar refractivity (Wildman–Crippen MR) is 499 cm³/mol. The summed E-state index contributed by atoms with van der Waals surface area (Å²) in [6.45, 7) is 41.3. The van der Waals surface area contributed by atoms with E-state index in [0.29, 0.717) is 34.1 Å². The van der Waals surface area contributed by atoms with E-state index in [4.69, 9.17) is 9.47 Å². The molecule has 0 amide bonds. The average molecular weight is 2000 g/mol. The van der Waals surface area contributed by atoms with Crippen LogP contribution in [0.4, 0.5) is 92.2 Å². The fourth-order valence-corrected chi connectivity index (χ4v) is 14.5. The van der Waals surface area contributed by atoms with E-state index in [-0.39, 0.29) is 116 Å². The molecule has 10 heterocycles. The highest BCUT2D eigenvalue weighted by molar-refractivity contribution is 7.16. The monoisotopic (exact) mass is 1990 g/mol. The summed E-state index contributed by atoms with van der Waals surface area (Å²) < 4.78 is 281. The SMILES string of the molecule is CC(C)c1cc(F)c(F)cc1OC1CC1.CC(C)c1cc2cnccc2n(C)c1=O.CC(C)c1cccc2scnc12.CC(C)c1cn(C)nc1C(F)(F)F.CC(C)c1ncc2ccccc2c1C(F)(F)F.CC(C)c1nccnc1C(F)(F)F.COc1cc(F)cnc1C(C)C.Cc1c(C(C)C)c(C(F)(F)F)nn1C.Cc1cc(C(F)(F)F)c(C(C)C)nn1.Cc1ccnc(C(C)C)c1C(F)(F)F. The Balaban J connectivity index is 0.000000273. The van der Waals surface area contributed by atoms with Crippen molar-refractivity contribution in [3.63, 3.8) is 0 Å². The minimum absolute atomic E-state index is 0.00287. The van der Waals surface area contributed by atoms with Gasteiger partial charge < -0.3 is 14.0 Å². The highest BCUT2D eigenvalue weighted by Crippen LogP contribution is 2.43. The summed E-state index contributed by atoms with van der Waals surface area (Å²) in [5, 5.41) is 15.8. The van der Waals surface area contributed by atoms with Gasteiger partial charge in [0, 0.05) is 110 Å². The molecule has 760 valence electrons. The molecule has 0 radical (unpaired) electrons. The van der Waals surface area contributed by atoms with Crippen LogP contribution in [0.15, 0.2) is 145 Å². The van der Waals surface area contributed by atoms with Crippen molar-refractivity contribution in [2.45, 2.75) is 274 Å². The fourth-order valence-electron chi connectivity index (χ4n) is 13.7. The number of thiazole rings is 1. The normalized spacial score (nSPS) is 12.3. The zero-order chi connectivity index (χ0) is 106. The van der Waals surface area contributed by atoms with E-state index >= 15 is 0 Å². The van der Waals surface area contributed by atoms with Crippen LogP contribution in [0.25, 0.3) is 31.9 Å². The first-order valence-corrected chi connectivity index (χ1v) is 45.2. The second-order valence-corrected chi connectivity index (χ2v) is 36.4. The summed E-state index contributed by atoms with van der Waals surface area (Å²) in [5.74, 6) is -1.15. The third-order valence-corrected chi connectivity index (χ3v) is 21.6. The van der Waals surface area contributed by atoms with Crippen LogP contribution in [0.5, 0.6) is 11.5 Å². The lowest BCUT2D eigenvalue weighted by molar-refractivity contribution is -0.143. The molecule has 10 aromatic heterocycles. The molecule has 0 atom stereocenters. The van der Waals surface area contributed by atoms with Gasteiger partial charge in [0.05, 0.1) is 91.5 Å². The molecule has 0 aliphatic heterocycles. The smallest absolute Gasteiger partial charge is 0.435 e. The van der Waals surface area contributed by atoms with Gasteiger partial charge in [0.1, 0.15) is 17.3 Å². The molecule has 0 N–H and O–H groups in total. The van der Waals surface area contributed by atoms with Gasteiger partial charge >= 0.3 is 37.1 Å². The first kappa shape index (κ1) is 118. The topological polar surface area (TPSA) is 192 Å². The number of halogens is 21. The van der Waals surface area contributed by atoms with E-state index in [1.165, 1.54) is 115 Å². The van der Waals surface area contributed by atoms with Gasteiger partial charge in [0.15, 0.2) is 28.7 Å². The summed E-state index contributed by atoms with van der Waals surface area (Å²) in [5.41, 5.74) is 5.40. The van der Waals surface area contributed by atoms with Crippen LogP contribution >= 0.6 is 11.3 Å². The number of para-hydroxylation sites is 1. The summed E-state index contributed by atoms with van der Waals surface area (Å²) >= 11 is 1.71. The van der Waals surface area contributed by atoms with Crippen LogP contribution in [-0.2, 0) is 58.2 Å². The number of rotatable bonds is 13. The van der Waals surface area contributed by atoms with Crippen molar-refractivity contribution in [1.82, 2.24) is 69.2 Å². The van der Waals surface area contributed by atoms with Crippen molar-refractivity contribution >= 4 is 43.2 Å². The maximum atomic E-state index is 13.1. The number of fused-ring (bicyclic) bond motifs is 3. The average Bonchev–Trinajstić information content (AvgIpc) is 1.64. The largest absolute Gasteiger partial charge is 0.495 e. The van der Waals surface area contributed by atoms with Crippen LogP contribution in [0.2, 0.25) is 0 Å². The molecule has 0 spiro atoms. The Kier molecular flexibility index (Phi) is 42.8. The first-order valence-electron chi connectivity index (χ1n) is 44.3. The predicted octanol–water partition coefficient (Wildman–Crippen LogP) is 30.3. The van der Waals surface area contributed by atoms with E-state index in [1.54, 1.807) is 144 Å². The number of aromatic nitrogens is 14. The molecule has 0 bridgehead atoms. The van der Waals surface area contributed by atoms with E-state index < -0.39 is 82.5 Å². The molecule has 17 nitrogen and oxygen atoms in total. The third-order valence-electron chi connectivity index (χ3n) is 20.8. The van der Waals surface area contributed by atoms with Crippen molar-refractivity contribution < 1.29 is 102 Å². The van der Waals surface area contributed by atoms with Crippen LogP contribution < -0.4 is 15.0 Å². The van der Waals surface area contributed by atoms with E-state index in [1.807, 2.05) is 59.2 Å². The van der Waals surface area contributed by atoms with Crippen molar-refractivity contribution in [2.75, 3.05) is 7.11 Å². The molecule has 14 rings (SSSR count). The zero-order valence-electron chi connectivity index (χ0n) is 82.4. The van der Waals surface area contributed by atoms with Gasteiger partial charge in [-0.15, -0.1) is 11.3 Å². The molecule has 139 heavy (non-hydrogen) atoms. The van der Waals surface area contributed by atoms with Crippen LogP contribution in [0.1, 0.15) is 318 Å². The van der Waals surface area contributed by atoms with Gasteiger partial charge in [0.2, 0.25) is 0 Å². The van der Waals surface area contributed by atoms with E-state index in [2.05, 4.69) is 87.3 Å². The van der Waals surface area contributed by atoms with E-state index in [9.17, 15) is 97.0 Å². The summed E-state index contributed by atoms with van der Waals surface area (Å²) in [7, 11) is 6.33. The molecule has 13 aromatic rings. The third kappa shape index (κ3) is 34.1. The standard InChI is InChI=1S/C13H12F3N.C12H14F2O.C12H14N2O.C10H12F3N.C10H11NS.C9H13F3N2.C9H11F3N2.C9H12FNO.C8H11F3N2.C8H9F3N2/c1-8(2)12-11(13(14,15)16)10-6-4-3-5-9(10)7-17-12;1-7(2)9-5-10(13)11(14)6-12(9)15-8-3-4-8;1-8(2)10-6-9-7-13-5-4-11(9)14(3)12(10)15;1-6(2)9-8(10(11,12)13)7(3)4-5-14-9;1-7(2)8-4-3-5-9-10(8)11-6-12-9;1-5(2)7-6(3)14(4)13-8(7)9(10,11)12;1-5(2)8-7(9(10,11)12)4-6(3)13-14-8;1-6(2)9-8(12-3)4-7(10)5-11-9;1-5(2)6-4-13(3)12-7(6)8(9,10)11;1-5(2)6-7(8(9,10)11)13-4-3-12-6/h3-8H,1-2H3;5-8H,3-4H2,1-2H3;4-8H,1-3H3;4-6H,1-3H3;3-7H,1-2H3;5H,1-4H3;4-5H,1-3H3;4-6H,1-3H3;4-5H,1-3H3;3-5H,1-2H3. The molecule has 1 fully saturated rings. The number of nitrogens with zero attached hydrogens (tertiary/aromatic N) is 14. The van der Waals surface area contributed by atoms with Gasteiger partial charge in [-0.05, 0) is 151 Å². The van der Waals surface area contributed by atoms with Gasteiger partial charge in [-0.3, -0.25) is 39.1 Å². The second kappa shape index (κ2) is 50.4. The van der Waals surface area contributed by atoms with Crippen molar-refractivity contribution in [2.24, 2.45) is 21.1 Å². The second-order valence-electron chi connectivity index (χ2n) is 35.5. The minimum Gasteiger partial charge on any atom is -0.495 e. The molecule has 3 aromatic carbocycles. The Morgan fingerprint density at radius 2 is 0.950 bits per heavy atom. The number of hydrogen-bond acceptors (Lipinski definition) is 15. The lowest BCUT2D eigenvalue weighted by atomic mass is 9.98. The van der Waals surface area contributed by atoms with Gasteiger partial charge in [0.25, 0.3) is 5.56 Å². The Morgan fingerprint density at radius 1 is 0.424 bits per heavy atom. The Hall–Kier alpha value is -11.7. The lowest BCUT2D eigenvalue weighted by Crippen LogP contribution is -2.22. The summed E-state index contributed by atoms with van der Waals surface area (Å²) in [4.78, 5) is 39.0. The number of methoxy groups -OCH3 is 1. The molecule has 1 aliphatic rings. The lowest BCUT2D eigenvalue weighted by Gasteiger charge is -2.16. The Labute approximate surface area is 799 Å². The molecule has 1 saturated carbocycles. The number of aryl methyl sites for hydroxylation is 5. The van der Waals surface area contributed by atoms with Crippen molar-refractivity contribution in [3.8, 4) is 11.5 Å². The van der Waals surface area contributed by atoms with E-state index in [0.717, 1.165) is 58.9 Å². The van der Waals surface area contributed by atoms with Crippen LogP contribution in [-0.4, -0.2) is 82.4 Å². The van der Waals surface area contributed by atoms with Crippen LogP contribution in [0, 0.1) is 38.2 Å². The number of alkyl halides is 18. The minimum atomic E-state index is -4.41. The Morgan fingerprint density at radius 3 is 1.43 bits per heavy atom. The summed E-state index contributed by atoms with van der Waals surface area (Å²) in [6, 6.07) is 22.8.